The minimum Gasteiger partial charge on any atom is -0.461 e. The van der Waals surface area contributed by atoms with Crippen molar-refractivity contribution in [2.24, 2.45) is 5.73 Å². The third-order valence-corrected chi connectivity index (χ3v) is 2.30. The molecule has 0 bridgehead atoms. The number of nitrogens with zero attached hydrogens (tertiary/aromatic N) is 1. The molecule has 88 valence electrons. The summed E-state index contributed by atoms with van der Waals surface area (Å²) in [5, 5.41) is 0. The summed E-state index contributed by atoms with van der Waals surface area (Å²) < 4.78 is 5.00. The first kappa shape index (κ1) is 12.5. The molecule has 0 heterocycles. The van der Waals surface area contributed by atoms with Gasteiger partial charge in [-0.3, -0.25) is 4.79 Å². The predicted octanol–water partition coefficient (Wildman–Crippen LogP) is 1.14. The van der Waals surface area contributed by atoms with Crippen LogP contribution >= 0.6 is 0 Å². The number of carbonyl (C=O) groups excluding carboxylic acids is 1. The predicted molar refractivity (Wildman–Crippen MR) is 64.2 cm³/mol. The van der Waals surface area contributed by atoms with E-state index in [0.29, 0.717) is 13.2 Å². The molecule has 1 aromatic rings. The van der Waals surface area contributed by atoms with Crippen LogP contribution in [0.1, 0.15) is 12.5 Å². The lowest BCUT2D eigenvalue weighted by atomic mass is 10.1. The van der Waals surface area contributed by atoms with Crippen molar-refractivity contribution in [3.8, 4) is 0 Å². The lowest BCUT2D eigenvalue weighted by Crippen LogP contribution is -2.26. The number of likely N-dealkylation sites (N-methyl/N-ethyl adjacent to an activating group) is 1. The Morgan fingerprint density at radius 3 is 2.75 bits per heavy atom. The zero-order valence-corrected chi connectivity index (χ0v) is 9.77. The smallest absolute Gasteiger partial charge is 0.302 e. The number of carbonyl (C=O) groups is 1. The van der Waals surface area contributed by atoms with Crippen LogP contribution in [0.25, 0.3) is 0 Å². The minimum absolute atomic E-state index is 0.267. The number of benzene rings is 1. The molecule has 1 aromatic carbocycles. The first-order chi connectivity index (χ1) is 7.65. The molecule has 2 N–H and O–H groups in total. The van der Waals surface area contributed by atoms with E-state index in [-0.39, 0.29) is 5.97 Å². The fraction of sp³-hybridized carbons (Fsp3) is 0.417. The van der Waals surface area contributed by atoms with E-state index in [4.69, 9.17) is 10.5 Å². The van der Waals surface area contributed by atoms with Gasteiger partial charge in [0.1, 0.15) is 6.61 Å². The number of hydrogen-bond acceptors (Lipinski definition) is 4. The number of ether oxygens (including phenoxy) is 1. The molecular formula is C12H18N2O2. The van der Waals surface area contributed by atoms with Crippen LogP contribution in [0.3, 0.4) is 0 Å². The Morgan fingerprint density at radius 2 is 2.12 bits per heavy atom. The number of nitrogens with two attached hydrogens (primary N) is 1. The molecule has 0 aromatic heterocycles. The maximum absolute atomic E-state index is 10.8. The van der Waals surface area contributed by atoms with Gasteiger partial charge in [-0.25, -0.2) is 0 Å². The van der Waals surface area contributed by atoms with Crippen molar-refractivity contribution in [3.05, 3.63) is 29.8 Å². The number of anilines is 1. The maximum Gasteiger partial charge on any atom is 0.302 e. The van der Waals surface area contributed by atoms with Gasteiger partial charge < -0.3 is 15.4 Å². The molecule has 4 nitrogen and oxygen atoms in total. The van der Waals surface area contributed by atoms with E-state index in [1.54, 1.807) is 0 Å². The van der Waals surface area contributed by atoms with Crippen molar-refractivity contribution in [1.29, 1.82) is 0 Å². The van der Waals surface area contributed by atoms with Crippen molar-refractivity contribution >= 4 is 11.7 Å². The molecule has 16 heavy (non-hydrogen) atoms. The van der Waals surface area contributed by atoms with E-state index >= 15 is 0 Å². The Hall–Kier alpha value is -1.55. The van der Waals surface area contributed by atoms with E-state index in [1.807, 2.05) is 31.3 Å². The first-order valence-corrected chi connectivity index (χ1v) is 5.27. The number of hydrogen-bond donors (Lipinski definition) is 1. The van der Waals surface area contributed by atoms with Gasteiger partial charge in [0.25, 0.3) is 0 Å². The monoisotopic (exact) mass is 222 g/mol. The van der Waals surface area contributed by atoms with Gasteiger partial charge in [0.05, 0.1) is 0 Å². The largest absolute Gasteiger partial charge is 0.461 e. The van der Waals surface area contributed by atoms with E-state index < -0.39 is 0 Å². The standard InChI is InChI=1S/C12H18N2O2/c1-10(15)16-9-11-5-3-4-6-12(11)14(2)8-7-13/h3-6H,7-9,13H2,1-2H3. The van der Waals surface area contributed by atoms with Crippen LogP contribution in [0, 0.1) is 0 Å². The van der Waals surface area contributed by atoms with E-state index in [0.717, 1.165) is 17.8 Å². The Bertz CT molecular complexity index is 353. The molecule has 0 aliphatic carbocycles. The van der Waals surface area contributed by atoms with Gasteiger partial charge >= 0.3 is 5.97 Å². The molecule has 0 saturated carbocycles. The van der Waals surface area contributed by atoms with Crippen LogP contribution in [0.5, 0.6) is 0 Å². The number of rotatable bonds is 5. The number of para-hydroxylation sites is 1. The van der Waals surface area contributed by atoms with Gasteiger partial charge in [-0.15, -0.1) is 0 Å². The molecule has 0 radical (unpaired) electrons. The lowest BCUT2D eigenvalue weighted by Gasteiger charge is -2.21. The Labute approximate surface area is 96.0 Å². The lowest BCUT2D eigenvalue weighted by molar-refractivity contribution is -0.142. The highest BCUT2D eigenvalue weighted by Crippen LogP contribution is 2.19. The Morgan fingerprint density at radius 1 is 1.44 bits per heavy atom. The van der Waals surface area contributed by atoms with E-state index in [2.05, 4.69) is 4.90 Å². The molecule has 0 unspecified atom stereocenters. The van der Waals surface area contributed by atoms with Crippen LogP contribution in [0.15, 0.2) is 24.3 Å². The molecule has 0 aliphatic rings. The second-order valence-electron chi connectivity index (χ2n) is 3.62. The average molecular weight is 222 g/mol. The second-order valence-corrected chi connectivity index (χ2v) is 3.62. The molecule has 0 saturated heterocycles. The van der Waals surface area contributed by atoms with E-state index in [9.17, 15) is 4.79 Å². The SMILES string of the molecule is CC(=O)OCc1ccccc1N(C)CCN. The summed E-state index contributed by atoms with van der Waals surface area (Å²) in [5.41, 5.74) is 7.56. The summed E-state index contributed by atoms with van der Waals surface area (Å²) in [7, 11) is 1.97. The van der Waals surface area contributed by atoms with Gasteiger partial charge in [-0.2, -0.15) is 0 Å². The van der Waals surface area contributed by atoms with Gasteiger partial charge in [-0.05, 0) is 6.07 Å². The zero-order chi connectivity index (χ0) is 12.0. The number of esters is 1. The topological polar surface area (TPSA) is 55.6 Å². The molecule has 4 heteroatoms. The quantitative estimate of drug-likeness (QED) is 0.759. The molecule has 0 amide bonds. The van der Waals surface area contributed by atoms with Gasteiger partial charge in [0, 0.05) is 38.3 Å². The van der Waals surface area contributed by atoms with Crippen LogP contribution in [-0.2, 0) is 16.1 Å². The van der Waals surface area contributed by atoms with Crippen molar-refractivity contribution in [1.82, 2.24) is 0 Å². The maximum atomic E-state index is 10.8. The molecule has 0 atom stereocenters. The summed E-state index contributed by atoms with van der Waals surface area (Å²) in [4.78, 5) is 12.8. The highest BCUT2D eigenvalue weighted by atomic mass is 16.5. The van der Waals surface area contributed by atoms with Crippen LogP contribution in [0.4, 0.5) is 5.69 Å². The van der Waals surface area contributed by atoms with Gasteiger partial charge in [0.2, 0.25) is 0 Å². The van der Waals surface area contributed by atoms with Crippen LogP contribution < -0.4 is 10.6 Å². The highest BCUT2D eigenvalue weighted by Gasteiger charge is 2.07. The minimum atomic E-state index is -0.267. The Balaban J connectivity index is 2.78. The van der Waals surface area contributed by atoms with Crippen LogP contribution in [0.2, 0.25) is 0 Å². The highest BCUT2D eigenvalue weighted by molar-refractivity contribution is 5.66. The molecule has 1 rings (SSSR count). The van der Waals surface area contributed by atoms with Crippen molar-refractivity contribution in [2.75, 3.05) is 25.0 Å². The third-order valence-electron chi connectivity index (χ3n) is 2.30. The summed E-state index contributed by atoms with van der Waals surface area (Å²) in [6.07, 6.45) is 0. The normalized spacial score (nSPS) is 9.94. The first-order valence-electron chi connectivity index (χ1n) is 5.27. The van der Waals surface area contributed by atoms with Crippen molar-refractivity contribution in [3.63, 3.8) is 0 Å². The summed E-state index contributed by atoms with van der Waals surface area (Å²) in [6, 6.07) is 7.83. The average Bonchev–Trinajstić information content (AvgIpc) is 2.27. The fourth-order valence-corrected chi connectivity index (χ4v) is 1.50. The van der Waals surface area contributed by atoms with Crippen LogP contribution in [-0.4, -0.2) is 26.1 Å². The molecule has 0 spiro atoms. The summed E-state index contributed by atoms with van der Waals surface area (Å²) in [5.74, 6) is -0.267. The molecule has 0 fully saturated rings. The van der Waals surface area contributed by atoms with Gasteiger partial charge in [0.15, 0.2) is 0 Å². The Kier molecular flexibility index (Phi) is 4.79. The zero-order valence-electron chi connectivity index (χ0n) is 9.77. The van der Waals surface area contributed by atoms with Crippen molar-refractivity contribution < 1.29 is 9.53 Å². The van der Waals surface area contributed by atoms with Crippen molar-refractivity contribution in [2.45, 2.75) is 13.5 Å². The molecule has 0 aliphatic heterocycles. The second kappa shape index (κ2) is 6.12. The van der Waals surface area contributed by atoms with E-state index in [1.165, 1.54) is 6.92 Å². The summed E-state index contributed by atoms with van der Waals surface area (Å²) in [6.45, 7) is 3.09. The molecular weight excluding hydrogens is 204 g/mol. The van der Waals surface area contributed by atoms with Gasteiger partial charge in [-0.1, -0.05) is 18.2 Å². The fourth-order valence-electron chi connectivity index (χ4n) is 1.50. The summed E-state index contributed by atoms with van der Waals surface area (Å²) >= 11 is 0. The third kappa shape index (κ3) is 3.55.